The number of methoxy groups -OCH3 is 1. The van der Waals surface area contributed by atoms with E-state index in [4.69, 9.17) is 18.9 Å². The van der Waals surface area contributed by atoms with Crippen molar-refractivity contribution in [3.05, 3.63) is 0 Å². The summed E-state index contributed by atoms with van der Waals surface area (Å²) in [4.78, 5) is 0. The van der Waals surface area contributed by atoms with Gasteiger partial charge in [0.15, 0.2) is 0 Å². The summed E-state index contributed by atoms with van der Waals surface area (Å²) >= 11 is 0. The van der Waals surface area contributed by atoms with Crippen LogP contribution >= 0.6 is 15.5 Å². The Bertz CT molecular complexity index is 367. The number of rotatable bonds is 15. The Kier molecular flexibility index (Phi) is 12.3. The van der Waals surface area contributed by atoms with Gasteiger partial charge in [0, 0.05) is 7.11 Å². The van der Waals surface area contributed by atoms with Crippen LogP contribution in [0.1, 0.15) is 0 Å². The Labute approximate surface area is 131 Å². The second kappa shape index (κ2) is 12.4. The van der Waals surface area contributed by atoms with Gasteiger partial charge >= 0.3 is 15.5 Å². The predicted molar refractivity (Wildman–Crippen MR) is 73.7 cm³/mol. The van der Waals surface area contributed by atoms with E-state index in [1.54, 1.807) is 7.11 Å². The van der Waals surface area contributed by atoms with Crippen molar-refractivity contribution < 1.29 is 49.6 Å². The standard InChI is InChI=1S/C10H20F4O7P2/c1-17-2-3-18-4-5-19-6-7-20-8-9-21-10(22(11,12)15)23(13,14)16/h10H,2-9H2,1H3. The minimum absolute atomic E-state index is 0.0674. The van der Waals surface area contributed by atoms with E-state index in [-0.39, 0.29) is 19.8 Å². The molecule has 13 heteroatoms. The summed E-state index contributed by atoms with van der Waals surface area (Å²) in [6, 6.07) is 0. The van der Waals surface area contributed by atoms with E-state index < -0.39 is 27.7 Å². The van der Waals surface area contributed by atoms with E-state index in [0.717, 1.165) is 0 Å². The molecule has 0 rings (SSSR count). The van der Waals surface area contributed by atoms with Crippen molar-refractivity contribution in [1.29, 1.82) is 0 Å². The Morgan fingerprint density at radius 3 is 1.39 bits per heavy atom. The summed E-state index contributed by atoms with van der Waals surface area (Å²) in [6.07, 6.45) is 0. The van der Waals surface area contributed by atoms with Crippen LogP contribution < -0.4 is 0 Å². The lowest BCUT2D eigenvalue weighted by molar-refractivity contribution is -0.00770. The zero-order valence-corrected chi connectivity index (χ0v) is 14.3. The lowest BCUT2D eigenvalue weighted by Gasteiger charge is -2.14. The van der Waals surface area contributed by atoms with Crippen molar-refractivity contribution in [2.45, 2.75) is 5.59 Å². The maximum atomic E-state index is 12.4. The molecule has 0 fully saturated rings. The molecule has 0 unspecified atom stereocenters. The van der Waals surface area contributed by atoms with E-state index in [1.165, 1.54) is 0 Å². The van der Waals surface area contributed by atoms with Gasteiger partial charge in [-0.2, -0.15) is 0 Å². The highest BCUT2D eigenvalue weighted by Gasteiger charge is 2.50. The van der Waals surface area contributed by atoms with E-state index in [0.29, 0.717) is 26.4 Å². The molecule has 0 amide bonds. The van der Waals surface area contributed by atoms with E-state index in [2.05, 4.69) is 4.74 Å². The Morgan fingerprint density at radius 2 is 1.04 bits per heavy atom. The molecule has 0 aliphatic carbocycles. The maximum Gasteiger partial charge on any atom is 0.443 e. The number of halogens is 4. The maximum absolute atomic E-state index is 12.4. The summed E-state index contributed by atoms with van der Waals surface area (Å²) in [5, 5.41) is 0. The second-order valence-electron chi connectivity index (χ2n) is 4.03. The lowest BCUT2D eigenvalue weighted by Crippen LogP contribution is -2.15. The molecule has 0 bridgehead atoms. The zero-order valence-electron chi connectivity index (χ0n) is 12.5. The van der Waals surface area contributed by atoms with Crippen LogP contribution in [0.15, 0.2) is 0 Å². The van der Waals surface area contributed by atoms with Gasteiger partial charge in [0.05, 0.1) is 52.9 Å². The van der Waals surface area contributed by atoms with Crippen LogP contribution in [0, 0.1) is 0 Å². The van der Waals surface area contributed by atoms with Crippen LogP contribution in [0.5, 0.6) is 0 Å². The lowest BCUT2D eigenvalue weighted by atomic mass is 10.7. The molecule has 140 valence electrons. The summed E-state index contributed by atoms with van der Waals surface area (Å²) in [5.74, 6) is 0. The first-order valence-electron chi connectivity index (χ1n) is 6.51. The molecular weight excluding hydrogens is 370 g/mol. The fourth-order valence-corrected chi connectivity index (χ4v) is 3.04. The summed E-state index contributed by atoms with van der Waals surface area (Å²) in [6.45, 7) is 0.813. The zero-order chi connectivity index (χ0) is 17.8. The van der Waals surface area contributed by atoms with Crippen LogP contribution in [0.25, 0.3) is 0 Å². The first-order chi connectivity index (χ1) is 10.7. The largest absolute Gasteiger partial charge is 0.443 e. The average molecular weight is 390 g/mol. The van der Waals surface area contributed by atoms with Gasteiger partial charge in [0.2, 0.25) is 0 Å². The van der Waals surface area contributed by atoms with Crippen molar-refractivity contribution in [2.75, 3.05) is 60.0 Å². The van der Waals surface area contributed by atoms with Crippen molar-refractivity contribution in [2.24, 2.45) is 0 Å². The van der Waals surface area contributed by atoms with Crippen molar-refractivity contribution in [3.63, 3.8) is 0 Å². The Morgan fingerprint density at radius 1 is 0.696 bits per heavy atom. The second-order valence-corrected chi connectivity index (χ2v) is 7.39. The summed E-state index contributed by atoms with van der Waals surface area (Å²) < 4.78 is 94.1. The van der Waals surface area contributed by atoms with Gasteiger partial charge in [-0.25, -0.2) is 9.13 Å². The molecule has 0 spiro atoms. The molecule has 0 saturated carbocycles. The molecule has 0 heterocycles. The monoisotopic (exact) mass is 390 g/mol. The smallest absolute Gasteiger partial charge is 0.382 e. The summed E-state index contributed by atoms with van der Waals surface area (Å²) in [5.41, 5.74) is -3.36. The fourth-order valence-electron chi connectivity index (χ4n) is 1.23. The highest BCUT2D eigenvalue weighted by atomic mass is 31.3. The van der Waals surface area contributed by atoms with Crippen LogP contribution in [-0.2, 0) is 32.8 Å². The third-order valence-corrected chi connectivity index (χ3v) is 5.12. The van der Waals surface area contributed by atoms with Gasteiger partial charge in [0.25, 0.3) is 5.59 Å². The van der Waals surface area contributed by atoms with Gasteiger partial charge in [0.1, 0.15) is 0 Å². The number of ether oxygens (including phenoxy) is 5. The fraction of sp³-hybridized carbons (Fsp3) is 1.00. The van der Waals surface area contributed by atoms with Crippen LogP contribution in [-0.4, -0.2) is 65.6 Å². The molecule has 0 saturated heterocycles. The van der Waals surface area contributed by atoms with Crippen molar-refractivity contribution >= 4 is 15.5 Å². The van der Waals surface area contributed by atoms with E-state index >= 15 is 0 Å². The van der Waals surface area contributed by atoms with Crippen LogP contribution in [0.3, 0.4) is 0 Å². The van der Waals surface area contributed by atoms with Gasteiger partial charge in [-0.15, -0.1) is 16.8 Å². The molecule has 0 aliphatic rings. The van der Waals surface area contributed by atoms with Crippen molar-refractivity contribution in [3.8, 4) is 0 Å². The average Bonchev–Trinajstić information content (AvgIpc) is 2.41. The normalized spacial score (nSPS) is 13.0. The van der Waals surface area contributed by atoms with Gasteiger partial charge in [-0.05, 0) is 0 Å². The third kappa shape index (κ3) is 13.0. The van der Waals surface area contributed by atoms with Crippen LogP contribution in [0.4, 0.5) is 16.8 Å². The molecule has 0 N–H and O–H groups in total. The molecule has 0 radical (unpaired) electrons. The quantitative estimate of drug-likeness (QED) is 0.241. The molecular formula is C10H20F4O7P2. The first kappa shape index (κ1) is 23.0. The SMILES string of the molecule is COCCOCCOCCOCCOC(P(=O)(F)F)P(=O)(F)F. The molecule has 0 aromatic carbocycles. The Hall–Kier alpha value is -0.0200. The Balaban J connectivity index is 3.58. The third-order valence-electron chi connectivity index (χ3n) is 2.18. The van der Waals surface area contributed by atoms with Gasteiger partial charge < -0.3 is 23.7 Å². The minimum atomic E-state index is -6.32. The summed E-state index contributed by atoms with van der Waals surface area (Å²) in [7, 11) is -11.1. The molecule has 7 nitrogen and oxygen atoms in total. The predicted octanol–water partition coefficient (Wildman–Crippen LogP) is 3.25. The minimum Gasteiger partial charge on any atom is -0.382 e. The first-order valence-corrected chi connectivity index (χ1v) is 9.63. The molecule has 0 aromatic heterocycles. The molecule has 23 heavy (non-hydrogen) atoms. The highest BCUT2D eigenvalue weighted by molar-refractivity contribution is 7.71. The topological polar surface area (TPSA) is 80.3 Å². The van der Waals surface area contributed by atoms with Gasteiger partial charge in [-0.3, -0.25) is 0 Å². The number of hydrogen-bond donors (Lipinski definition) is 0. The molecule has 0 aromatic rings. The van der Waals surface area contributed by atoms with Crippen molar-refractivity contribution in [1.82, 2.24) is 0 Å². The highest BCUT2D eigenvalue weighted by Crippen LogP contribution is 2.72. The van der Waals surface area contributed by atoms with E-state index in [1.807, 2.05) is 0 Å². The molecule has 0 aliphatic heterocycles. The number of hydrogen-bond acceptors (Lipinski definition) is 7. The van der Waals surface area contributed by atoms with Crippen LogP contribution in [0.2, 0.25) is 0 Å². The van der Waals surface area contributed by atoms with Gasteiger partial charge in [-0.1, -0.05) is 0 Å². The molecule has 0 atom stereocenters. The van der Waals surface area contributed by atoms with E-state index in [9.17, 15) is 25.9 Å².